The van der Waals surface area contributed by atoms with Crippen molar-refractivity contribution in [2.45, 2.75) is 39.0 Å². The highest BCUT2D eigenvalue weighted by Crippen LogP contribution is 2.40. The summed E-state index contributed by atoms with van der Waals surface area (Å²) in [6, 6.07) is 6.12. The zero-order valence-electron chi connectivity index (χ0n) is 21.0. The van der Waals surface area contributed by atoms with Crippen LogP contribution >= 0.6 is 11.3 Å². The zero-order valence-corrected chi connectivity index (χ0v) is 21.8. The number of anilines is 2. The molecule has 4 heterocycles. The number of amides is 1. The summed E-state index contributed by atoms with van der Waals surface area (Å²) in [4.78, 5) is 29.2. The summed E-state index contributed by atoms with van der Waals surface area (Å²) in [5.41, 5.74) is 3.28. The van der Waals surface area contributed by atoms with Gasteiger partial charge in [0.05, 0.1) is 17.1 Å². The maximum atomic E-state index is 13.3. The van der Waals surface area contributed by atoms with Gasteiger partial charge < -0.3 is 15.1 Å². The molecule has 1 aromatic carbocycles. The molecule has 0 radical (unpaired) electrons. The van der Waals surface area contributed by atoms with Gasteiger partial charge in [-0.3, -0.25) is 9.89 Å². The number of rotatable bonds is 6. The van der Waals surface area contributed by atoms with Gasteiger partial charge in [-0.15, -0.1) is 11.3 Å². The van der Waals surface area contributed by atoms with Crippen LogP contribution in [0.25, 0.3) is 21.1 Å². The zero-order chi connectivity index (χ0) is 24.6. The average molecular weight is 504 g/mol. The lowest BCUT2D eigenvalue weighted by atomic mass is 9.87. The molecule has 1 amide bonds. The molecule has 0 spiro atoms. The SMILES string of the molecule is CC1CCN(CCN(C)C(=O)[C@H]2CCc3c(sc4ncnc(Nc5ccc6[nH]ncc6c5)c34)C2)CC1. The van der Waals surface area contributed by atoms with E-state index in [9.17, 15) is 4.79 Å². The third kappa shape index (κ3) is 4.57. The minimum atomic E-state index is 0.0461. The predicted molar refractivity (Wildman–Crippen MR) is 145 cm³/mol. The Morgan fingerprint density at radius 1 is 1.25 bits per heavy atom. The van der Waals surface area contributed by atoms with E-state index in [1.54, 1.807) is 17.7 Å². The summed E-state index contributed by atoms with van der Waals surface area (Å²) < 4.78 is 0. The molecule has 36 heavy (non-hydrogen) atoms. The Kier molecular flexibility index (Phi) is 6.35. The molecule has 3 aromatic heterocycles. The third-order valence-electron chi connectivity index (χ3n) is 7.90. The van der Waals surface area contributed by atoms with Crippen LogP contribution in [0.15, 0.2) is 30.7 Å². The first-order valence-electron chi connectivity index (χ1n) is 13.0. The number of hydrogen-bond acceptors (Lipinski definition) is 7. The van der Waals surface area contributed by atoms with Gasteiger partial charge >= 0.3 is 0 Å². The van der Waals surface area contributed by atoms with E-state index in [2.05, 4.69) is 43.4 Å². The number of carbonyl (C=O) groups is 1. The molecular formula is C27H33N7OS. The highest BCUT2D eigenvalue weighted by Gasteiger charge is 2.31. The summed E-state index contributed by atoms with van der Waals surface area (Å²) in [5, 5.41) is 12.8. The van der Waals surface area contributed by atoms with E-state index in [1.807, 2.05) is 30.3 Å². The van der Waals surface area contributed by atoms with Crippen LogP contribution in [0.3, 0.4) is 0 Å². The number of piperidine rings is 1. The van der Waals surface area contributed by atoms with E-state index in [0.29, 0.717) is 0 Å². The maximum Gasteiger partial charge on any atom is 0.225 e. The number of fused-ring (bicyclic) bond motifs is 4. The molecule has 1 fully saturated rings. The van der Waals surface area contributed by atoms with Crippen molar-refractivity contribution in [1.29, 1.82) is 0 Å². The lowest BCUT2D eigenvalue weighted by molar-refractivity contribution is -0.134. The first-order chi connectivity index (χ1) is 17.5. The van der Waals surface area contributed by atoms with E-state index >= 15 is 0 Å². The number of nitrogens with zero attached hydrogens (tertiary/aromatic N) is 5. The van der Waals surface area contributed by atoms with E-state index in [0.717, 1.165) is 84.0 Å². The number of aryl methyl sites for hydroxylation is 1. The van der Waals surface area contributed by atoms with Crippen LogP contribution in [0.2, 0.25) is 0 Å². The Morgan fingerprint density at radius 3 is 2.97 bits per heavy atom. The van der Waals surface area contributed by atoms with E-state index in [1.165, 1.54) is 23.3 Å². The lowest BCUT2D eigenvalue weighted by Gasteiger charge is -2.32. The Hall–Kier alpha value is -3.04. The third-order valence-corrected chi connectivity index (χ3v) is 9.06. The van der Waals surface area contributed by atoms with Crippen molar-refractivity contribution in [3.05, 3.63) is 41.2 Å². The summed E-state index contributed by atoms with van der Waals surface area (Å²) >= 11 is 1.71. The highest BCUT2D eigenvalue weighted by atomic mass is 32.1. The number of H-pyrrole nitrogens is 1. The molecule has 9 heteroatoms. The van der Waals surface area contributed by atoms with Crippen LogP contribution in [0.5, 0.6) is 0 Å². The fraction of sp³-hybridized carbons (Fsp3) is 0.481. The molecule has 1 atom stereocenters. The second-order valence-corrected chi connectivity index (χ2v) is 11.5. The smallest absolute Gasteiger partial charge is 0.225 e. The van der Waals surface area contributed by atoms with Gasteiger partial charge in [-0.25, -0.2) is 9.97 Å². The predicted octanol–water partition coefficient (Wildman–Crippen LogP) is 4.61. The van der Waals surface area contributed by atoms with Crippen LogP contribution in [-0.2, 0) is 17.6 Å². The van der Waals surface area contributed by atoms with Crippen LogP contribution in [-0.4, -0.2) is 69.1 Å². The molecule has 4 aromatic rings. The quantitative estimate of drug-likeness (QED) is 0.400. The number of likely N-dealkylation sites (tertiary alicyclic amines) is 1. The molecule has 6 rings (SSSR count). The van der Waals surface area contributed by atoms with Gasteiger partial charge in [0.25, 0.3) is 0 Å². The summed E-state index contributed by atoms with van der Waals surface area (Å²) in [6.07, 6.45) is 8.54. The number of likely N-dealkylation sites (N-methyl/N-ethyl adjacent to an activating group) is 1. The minimum Gasteiger partial charge on any atom is -0.344 e. The van der Waals surface area contributed by atoms with E-state index < -0.39 is 0 Å². The lowest BCUT2D eigenvalue weighted by Crippen LogP contribution is -2.42. The van der Waals surface area contributed by atoms with Gasteiger partial charge in [-0.2, -0.15) is 5.10 Å². The molecule has 2 aliphatic rings. The van der Waals surface area contributed by atoms with Crippen LogP contribution in [0.1, 0.15) is 36.6 Å². The van der Waals surface area contributed by atoms with Gasteiger partial charge in [-0.1, -0.05) is 6.92 Å². The van der Waals surface area contributed by atoms with Gasteiger partial charge in [0.1, 0.15) is 17.0 Å². The number of hydrogen-bond donors (Lipinski definition) is 2. The van der Waals surface area contributed by atoms with Gasteiger partial charge in [0, 0.05) is 42.0 Å². The molecule has 0 saturated carbocycles. The maximum absolute atomic E-state index is 13.3. The number of aromatic amines is 1. The van der Waals surface area contributed by atoms with Crippen molar-refractivity contribution in [3.63, 3.8) is 0 Å². The molecular weight excluding hydrogens is 470 g/mol. The fourth-order valence-corrected chi connectivity index (χ4v) is 6.84. The number of carbonyl (C=O) groups excluding carboxylic acids is 1. The monoisotopic (exact) mass is 503 g/mol. The van der Waals surface area contributed by atoms with Crippen molar-refractivity contribution in [2.24, 2.45) is 11.8 Å². The standard InChI is InChI=1S/C27H33N7OS/c1-17-7-9-34(10-8-17)12-11-33(2)27(35)18-3-5-21-23(14-18)36-26-24(21)25(28-16-29-26)31-20-4-6-22-19(13-20)15-30-32-22/h4,6,13,15-18H,3,5,7-12,14H2,1-2H3,(H,30,32)(H,28,29,31)/t18-/m0/s1. The molecule has 0 bridgehead atoms. The summed E-state index contributed by atoms with van der Waals surface area (Å²) in [6.45, 7) is 6.44. The van der Waals surface area contributed by atoms with E-state index in [4.69, 9.17) is 0 Å². The number of thiophene rings is 1. The van der Waals surface area contributed by atoms with Gasteiger partial charge in [0.15, 0.2) is 0 Å². The number of benzene rings is 1. The molecule has 1 aliphatic heterocycles. The topological polar surface area (TPSA) is 90.0 Å². The van der Waals surface area contributed by atoms with Crippen molar-refractivity contribution >= 4 is 49.9 Å². The van der Waals surface area contributed by atoms with Crippen molar-refractivity contribution in [3.8, 4) is 0 Å². The minimum absolute atomic E-state index is 0.0461. The average Bonchev–Trinajstić information content (AvgIpc) is 3.51. The summed E-state index contributed by atoms with van der Waals surface area (Å²) in [7, 11) is 1.97. The summed E-state index contributed by atoms with van der Waals surface area (Å²) in [5.74, 6) is 1.99. The first-order valence-corrected chi connectivity index (χ1v) is 13.8. The van der Waals surface area contributed by atoms with Crippen LogP contribution < -0.4 is 5.32 Å². The van der Waals surface area contributed by atoms with Crippen molar-refractivity contribution < 1.29 is 4.79 Å². The molecule has 1 saturated heterocycles. The normalized spacial score (nSPS) is 19.0. The van der Waals surface area contributed by atoms with Crippen LogP contribution in [0.4, 0.5) is 11.5 Å². The van der Waals surface area contributed by atoms with Crippen molar-refractivity contribution in [1.82, 2.24) is 30.0 Å². The highest BCUT2D eigenvalue weighted by molar-refractivity contribution is 7.19. The molecule has 0 unspecified atom stereocenters. The fourth-order valence-electron chi connectivity index (χ4n) is 5.57. The first kappa shape index (κ1) is 23.4. The molecule has 2 N–H and O–H groups in total. The van der Waals surface area contributed by atoms with E-state index in [-0.39, 0.29) is 11.8 Å². The molecule has 188 valence electrons. The van der Waals surface area contributed by atoms with Gasteiger partial charge in [-0.05, 0) is 74.9 Å². The van der Waals surface area contributed by atoms with Gasteiger partial charge in [0.2, 0.25) is 5.91 Å². The Bertz CT molecular complexity index is 1390. The number of nitrogens with one attached hydrogen (secondary N) is 2. The largest absolute Gasteiger partial charge is 0.344 e. The second kappa shape index (κ2) is 9.78. The second-order valence-electron chi connectivity index (χ2n) is 10.4. The van der Waals surface area contributed by atoms with Crippen molar-refractivity contribution in [2.75, 3.05) is 38.5 Å². The Balaban J connectivity index is 1.15. The Labute approximate surface area is 215 Å². The van der Waals surface area contributed by atoms with Crippen LogP contribution in [0, 0.1) is 11.8 Å². The molecule has 1 aliphatic carbocycles. The molecule has 8 nitrogen and oxygen atoms in total. The Morgan fingerprint density at radius 2 is 2.11 bits per heavy atom. The number of aromatic nitrogens is 4.